The predicted octanol–water partition coefficient (Wildman–Crippen LogP) is 4.42. The number of nitrogens with one attached hydrogen (secondary N) is 2. The van der Waals surface area contributed by atoms with Crippen LogP contribution in [0.4, 0.5) is 24.5 Å². The van der Waals surface area contributed by atoms with Crippen molar-refractivity contribution in [1.29, 1.82) is 0 Å². The third-order valence-corrected chi connectivity index (χ3v) is 3.44. The summed E-state index contributed by atoms with van der Waals surface area (Å²) in [7, 11) is 1.54. The Bertz CT molecular complexity index is 718. The van der Waals surface area contributed by atoms with Crippen LogP contribution in [0.25, 0.3) is 0 Å². The maximum absolute atomic E-state index is 12.7. The number of anilines is 2. The summed E-state index contributed by atoms with van der Waals surface area (Å²) in [6.45, 7) is -0.126. The number of carbonyl (C=O) groups is 1. The number of carbonyl (C=O) groups excluding carboxylic acids is 1. The van der Waals surface area contributed by atoms with Gasteiger partial charge in [0, 0.05) is 5.69 Å². The lowest BCUT2D eigenvalue weighted by Gasteiger charge is -2.12. The molecule has 0 aliphatic heterocycles. The molecular weight excluding hydrogens is 345 g/mol. The molecular formula is C16H14ClF3N2O2. The normalized spacial score (nSPS) is 11.0. The number of amides is 1. The van der Waals surface area contributed by atoms with E-state index in [1.165, 1.54) is 7.11 Å². The minimum Gasteiger partial charge on any atom is -0.497 e. The second kappa shape index (κ2) is 7.44. The largest absolute Gasteiger partial charge is 0.497 e. The highest BCUT2D eigenvalue weighted by molar-refractivity contribution is 6.33. The lowest BCUT2D eigenvalue weighted by atomic mass is 10.2. The van der Waals surface area contributed by atoms with Gasteiger partial charge in [-0.25, -0.2) is 0 Å². The summed E-state index contributed by atoms with van der Waals surface area (Å²) in [4.78, 5) is 11.9. The molecule has 0 saturated heterocycles. The van der Waals surface area contributed by atoms with Crippen molar-refractivity contribution in [2.75, 3.05) is 24.3 Å². The van der Waals surface area contributed by atoms with Crippen LogP contribution in [0.2, 0.25) is 5.02 Å². The number of hydrogen-bond donors (Lipinski definition) is 2. The van der Waals surface area contributed by atoms with Gasteiger partial charge in [-0.3, -0.25) is 4.79 Å². The molecule has 2 aromatic rings. The Kier molecular flexibility index (Phi) is 5.56. The van der Waals surface area contributed by atoms with Crippen LogP contribution in [-0.2, 0) is 11.0 Å². The van der Waals surface area contributed by atoms with Gasteiger partial charge in [0.05, 0.1) is 29.9 Å². The van der Waals surface area contributed by atoms with Crippen LogP contribution in [0.3, 0.4) is 0 Å². The molecule has 0 unspecified atom stereocenters. The van der Waals surface area contributed by atoms with Crippen LogP contribution < -0.4 is 15.4 Å². The number of halogens is 4. The first-order valence-corrected chi connectivity index (χ1v) is 7.22. The van der Waals surface area contributed by atoms with Crippen LogP contribution in [-0.4, -0.2) is 19.6 Å². The Morgan fingerprint density at radius 3 is 2.42 bits per heavy atom. The minimum absolute atomic E-state index is 0.0285. The van der Waals surface area contributed by atoms with Gasteiger partial charge in [-0.15, -0.1) is 0 Å². The van der Waals surface area contributed by atoms with Crippen LogP contribution in [0.1, 0.15) is 5.56 Å². The topological polar surface area (TPSA) is 50.4 Å². The molecule has 0 aromatic heterocycles. The fraction of sp³-hybridized carbons (Fsp3) is 0.188. The molecule has 4 nitrogen and oxygen atoms in total. The van der Waals surface area contributed by atoms with E-state index >= 15 is 0 Å². The van der Waals surface area contributed by atoms with Gasteiger partial charge in [0.2, 0.25) is 5.91 Å². The molecule has 0 radical (unpaired) electrons. The second-order valence-electron chi connectivity index (χ2n) is 4.82. The summed E-state index contributed by atoms with van der Waals surface area (Å²) in [5.74, 6) is 0.146. The smallest absolute Gasteiger partial charge is 0.416 e. The first-order chi connectivity index (χ1) is 11.3. The number of rotatable bonds is 5. The first kappa shape index (κ1) is 17.9. The molecule has 0 atom stereocenters. The van der Waals surface area contributed by atoms with Gasteiger partial charge in [0.15, 0.2) is 0 Å². The molecule has 0 saturated carbocycles. The highest BCUT2D eigenvalue weighted by atomic mass is 35.5. The lowest BCUT2D eigenvalue weighted by molar-refractivity contribution is -0.137. The van der Waals surface area contributed by atoms with E-state index < -0.39 is 17.6 Å². The molecule has 2 aromatic carbocycles. The van der Waals surface area contributed by atoms with E-state index in [2.05, 4.69) is 10.6 Å². The van der Waals surface area contributed by atoms with Gasteiger partial charge < -0.3 is 15.4 Å². The Morgan fingerprint density at radius 2 is 1.83 bits per heavy atom. The average molecular weight is 359 g/mol. The average Bonchev–Trinajstić information content (AvgIpc) is 2.54. The molecule has 8 heteroatoms. The Balaban J connectivity index is 1.99. The third-order valence-electron chi connectivity index (χ3n) is 3.11. The van der Waals surface area contributed by atoms with Crippen LogP contribution in [0.15, 0.2) is 42.5 Å². The summed E-state index contributed by atoms with van der Waals surface area (Å²) in [6, 6.07) is 9.60. The van der Waals surface area contributed by atoms with Crippen molar-refractivity contribution in [3.8, 4) is 5.75 Å². The molecule has 2 N–H and O–H groups in total. The molecule has 0 aliphatic rings. The van der Waals surface area contributed by atoms with Crippen LogP contribution >= 0.6 is 11.6 Å². The number of ether oxygens (including phenoxy) is 1. The zero-order valence-electron chi connectivity index (χ0n) is 12.6. The molecule has 0 spiro atoms. The van der Waals surface area contributed by atoms with E-state index in [-0.39, 0.29) is 17.3 Å². The van der Waals surface area contributed by atoms with Crippen molar-refractivity contribution in [2.45, 2.75) is 6.18 Å². The van der Waals surface area contributed by atoms with Crippen molar-refractivity contribution in [3.05, 3.63) is 53.1 Å². The molecule has 0 bridgehead atoms. The molecule has 1 amide bonds. The predicted molar refractivity (Wildman–Crippen MR) is 86.6 cm³/mol. The van der Waals surface area contributed by atoms with Crippen LogP contribution in [0.5, 0.6) is 5.75 Å². The van der Waals surface area contributed by atoms with E-state index in [1.807, 2.05) is 0 Å². The third kappa shape index (κ3) is 4.79. The Morgan fingerprint density at radius 1 is 1.17 bits per heavy atom. The summed E-state index contributed by atoms with van der Waals surface area (Å²) in [5.41, 5.74) is -0.306. The van der Waals surface area contributed by atoms with Crippen molar-refractivity contribution in [3.63, 3.8) is 0 Å². The SMILES string of the molecule is COc1ccc(NCC(=O)Nc2cc(C(F)(F)F)ccc2Cl)cc1. The molecule has 0 aliphatic carbocycles. The van der Waals surface area contributed by atoms with E-state index in [0.717, 1.165) is 18.2 Å². The standard InChI is InChI=1S/C16H14ClF3N2O2/c1-24-12-5-3-11(4-6-12)21-9-15(23)22-14-8-10(16(18,19)20)2-7-13(14)17/h2-8,21H,9H2,1H3,(H,22,23). The van der Waals surface area contributed by atoms with Gasteiger partial charge in [-0.05, 0) is 42.5 Å². The molecule has 2 rings (SSSR count). The molecule has 128 valence electrons. The monoisotopic (exact) mass is 358 g/mol. The number of methoxy groups -OCH3 is 1. The zero-order valence-corrected chi connectivity index (χ0v) is 13.3. The van der Waals surface area contributed by atoms with Gasteiger partial charge in [-0.2, -0.15) is 13.2 Å². The van der Waals surface area contributed by atoms with Crippen LogP contribution in [0, 0.1) is 0 Å². The summed E-state index contributed by atoms with van der Waals surface area (Å²) in [6.07, 6.45) is -4.51. The molecule has 0 fully saturated rings. The maximum Gasteiger partial charge on any atom is 0.416 e. The van der Waals surface area contributed by atoms with Gasteiger partial charge in [0.25, 0.3) is 0 Å². The fourth-order valence-electron chi connectivity index (χ4n) is 1.88. The highest BCUT2D eigenvalue weighted by Gasteiger charge is 2.31. The fourth-order valence-corrected chi connectivity index (χ4v) is 2.05. The molecule has 0 heterocycles. The minimum atomic E-state index is -4.51. The van der Waals surface area contributed by atoms with E-state index in [0.29, 0.717) is 11.4 Å². The lowest BCUT2D eigenvalue weighted by Crippen LogP contribution is -2.22. The number of benzene rings is 2. The summed E-state index contributed by atoms with van der Waals surface area (Å²) < 4.78 is 43.1. The highest BCUT2D eigenvalue weighted by Crippen LogP contribution is 2.33. The maximum atomic E-state index is 12.7. The second-order valence-corrected chi connectivity index (χ2v) is 5.23. The summed E-state index contributed by atoms with van der Waals surface area (Å²) in [5, 5.41) is 5.23. The van der Waals surface area contributed by atoms with E-state index in [1.54, 1.807) is 24.3 Å². The first-order valence-electron chi connectivity index (χ1n) is 6.84. The zero-order chi connectivity index (χ0) is 17.7. The van der Waals surface area contributed by atoms with Crippen molar-refractivity contribution >= 4 is 28.9 Å². The summed E-state index contributed by atoms with van der Waals surface area (Å²) >= 11 is 5.82. The van der Waals surface area contributed by atoms with Gasteiger partial charge in [-0.1, -0.05) is 11.6 Å². The van der Waals surface area contributed by atoms with Gasteiger partial charge >= 0.3 is 6.18 Å². The van der Waals surface area contributed by atoms with Crippen molar-refractivity contribution in [1.82, 2.24) is 0 Å². The van der Waals surface area contributed by atoms with Gasteiger partial charge in [0.1, 0.15) is 5.75 Å². The quantitative estimate of drug-likeness (QED) is 0.832. The number of alkyl halides is 3. The number of hydrogen-bond acceptors (Lipinski definition) is 3. The Hall–Kier alpha value is -2.41. The van der Waals surface area contributed by atoms with E-state index in [9.17, 15) is 18.0 Å². The van der Waals surface area contributed by atoms with Crippen molar-refractivity contribution < 1.29 is 22.7 Å². The van der Waals surface area contributed by atoms with E-state index in [4.69, 9.17) is 16.3 Å². The van der Waals surface area contributed by atoms with Crippen molar-refractivity contribution in [2.24, 2.45) is 0 Å². The molecule has 24 heavy (non-hydrogen) atoms. The Labute approximate surface area is 141 Å².